The molecule has 100 valence electrons. The summed E-state index contributed by atoms with van der Waals surface area (Å²) >= 11 is 1.67. The van der Waals surface area contributed by atoms with E-state index in [0.29, 0.717) is 5.56 Å². The first kappa shape index (κ1) is 13.5. The molecule has 19 heavy (non-hydrogen) atoms. The van der Waals surface area contributed by atoms with E-state index >= 15 is 0 Å². The third kappa shape index (κ3) is 3.54. The average molecular weight is 275 g/mol. The molecule has 0 saturated carbocycles. The Balaban J connectivity index is 2.00. The lowest BCUT2D eigenvalue weighted by Gasteiger charge is -2.14. The minimum Gasteiger partial charge on any atom is -0.387 e. The summed E-state index contributed by atoms with van der Waals surface area (Å²) in [4.78, 5) is 16.2. The summed E-state index contributed by atoms with van der Waals surface area (Å²) in [6.07, 6.45) is 4.08. The summed E-state index contributed by atoms with van der Waals surface area (Å²) < 4.78 is 0. The van der Waals surface area contributed by atoms with Crippen molar-refractivity contribution in [3.8, 4) is 0 Å². The zero-order chi connectivity index (χ0) is 13.7. The van der Waals surface area contributed by atoms with Gasteiger partial charge in [-0.2, -0.15) is 11.3 Å². The molecule has 4 nitrogen and oxygen atoms in total. The Labute approximate surface area is 116 Å². The molecule has 2 aromatic heterocycles. The number of carbonyl (C=O) groups is 1. The number of hydrogen-bond donors (Lipinski definition) is 2. The van der Waals surface area contributed by atoms with Crippen LogP contribution in [0.3, 0.4) is 0 Å². The molecule has 0 saturated heterocycles. The van der Waals surface area contributed by atoms with E-state index in [2.05, 4.69) is 27.1 Å². The van der Waals surface area contributed by atoms with Gasteiger partial charge in [-0.05, 0) is 41.8 Å². The molecule has 0 radical (unpaired) electrons. The first-order chi connectivity index (χ1) is 9.20. The van der Waals surface area contributed by atoms with Crippen molar-refractivity contribution in [2.45, 2.75) is 19.4 Å². The van der Waals surface area contributed by atoms with Crippen molar-refractivity contribution in [2.24, 2.45) is 0 Å². The molecule has 2 N–H and O–H groups in total. The fourth-order valence-corrected chi connectivity index (χ4v) is 2.59. The highest BCUT2D eigenvalue weighted by atomic mass is 32.1. The van der Waals surface area contributed by atoms with Crippen molar-refractivity contribution < 1.29 is 4.79 Å². The number of anilines is 1. The molecule has 2 heterocycles. The highest BCUT2D eigenvalue weighted by Crippen LogP contribution is 2.13. The van der Waals surface area contributed by atoms with Crippen LogP contribution >= 0.6 is 11.3 Å². The van der Waals surface area contributed by atoms with E-state index in [-0.39, 0.29) is 11.9 Å². The van der Waals surface area contributed by atoms with E-state index in [1.54, 1.807) is 36.8 Å². The lowest BCUT2D eigenvalue weighted by atomic mass is 10.1. The lowest BCUT2D eigenvalue weighted by molar-refractivity contribution is 0.0940. The summed E-state index contributed by atoms with van der Waals surface area (Å²) in [6.45, 7) is 2.00. The third-order valence-electron chi connectivity index (χ3n) is 2.83. The highest BCUT2D eigenvalue weighted by Gasteiger charge is 2.13. The molecule has 0 aliphatic heterocycles. The minimum absolute atomic E-state index is 0.0898. The fraction of sp³-hybridized carbons (Fsp3) is 0.286. The number of thiophene rings is 1. The number of aromatic nitrogens is 1. The van der Waals surface area contributed by atoms with Crippen LogP contribution < -0.4 is 10.6 Å². The monoisotopic (exact) mass is 275 g/mol. The van der Waals surface area contributed by atoms with Crippen molar-refractivity contribution in [1.82, 2.24) is 10.3 Å². The van der Waals surface area contributed by atoms with Gasteiger partial charge in [0.2, 0.25) is 0 Å². The van der Waals surface area contributed by atoms with Crippen LogP contribution in [0.2, 0.25) is 0 Å². The number of pyridine rings is 1. The van der Waals surface area contributed by atoms with Crippen LogP contribution in [0.25, 0.3) is 0 Å². The van der Waals surface area contributed by atoms with E-state index in [4.69, 9.17) is 0 Å². The molecule has 1 atom stereocenters. The van der Waals surface area contributed by atoms with Crippen LogP contribution in [0, 0.1) is 0 Å². The molecule has 0 bridgehead atoms. The first-order valence-electron chi connectivity index (χ1n) is 6.14. The maximum absolute atomic E-state index is 12.2. The molecule has 2 rings (SSSR count). The number of nitrogens with zero attached hydrogens (tertiary/aromatic N) is 1. The lowest BCUT2D eigenvalue weighted by Crippen LogP contribution is -2.34. The van der Waals surface area contributed by atoms with Crippen molar-refractivity contribution in [3.05, 3.63) is 46.4 Å². The summed E-state index contributed by atoms with van der Waals surface area (Å²) in [5, 5.41) is 10.1. The van der Waals surface area contributed by atoms with E-state index in [0.717, 1.165) is 12.1 Å². The van der Waals surface area contributed by atoms with Gasteiger partial charge >= 0.3 is 0 Å². The SMILES string of the molecule is CNc1ccncc1C(=O)NC(C)Cc1ccsc1. The number of amides is 1. The molecule has 0 aliphatic carbocycles. The number of carbonyl (C=O) groups excluding carboxylic acids is 1. The topological polar surface area (TPSA) is 54.0 Å². The van der Waals surface area contributed by atoms with E-state index in [1.807, 2.05) is 12.3 Å². The van der Waals surface area contributed by atoms with Crippen molar-refractivity contribution in [1.29, 1.82) is 0 Å². The summed E-state index contributed by atoms with van der Waals surface area (Å²) in [7, 11) is 1.79. The van der Waals surface area contributed by atoms with Crippen molar-refractivity contribution in [2.75, 3.05) is 12.4 Å². The van der Waals surface area contributed by atoms with Crippen LogP contribution in [0.1, 0.15) is 22.8 Å². The van der Waals surface area contributed by atoms with Gasteiger partial charge in [-0.1, -0.05) is 0 Å². The average Bonchev–Trinajstić information content (AvgIpc) is 2.91. The Morgan fingerprint density at radius 2 is 2.32 bits per heavy atom. The van der Waals surface area contributed by atoms with E-state index < -0.39 is 0 Å². The highest BCUT2D eigenvalue weighted by molar-refractivity contribution is 7.07. The van der Waals surface area contributed by atoms with Gasteiger partial charge in [0, 0.05) is 31.2 Å². The van der Waals surface area contributed by atoms with Gasteiger partial charge in [-0.3, -0.25) is 9.78 Å². The van der Waals surface area contributed by atoms with Gasteiger partial charge < -0.3 is 10.6 Å². The Kier molecular flexibility index (Phi) is 4.52. The summed E-state index contributed by atoms with van der Waals surface area (Å²) in [5.41, 5.74) is 2.61. The van der Waals surface area contributed by atoms with Gasteiger partial charge in [-0.15, -0.1) is 0 Å². The van der Waals surface area contributed by atoms with Gasteiger partial charge in [0.05, 0.1) is 5.56 Å². The van der Waals surface area contributed by atoms with Gasteiger partial charge in [0.25, 0.3) is 5.91 Å². The maximum Gasteiger partial charge on any atom is 0.255 e. The standard InChI is InChI=1S/C14H17N3OS/c1-10(7-11-4-6-19-9-11)17-14(18)12-8-16-5-3-13(12)15-2/h3-6,8-10H,7H2,1-2H3,(H,15,16)(H,17,18). The van der Waals surface area contributed by atoms with Crippen LogP contribution in [0.5, 0.6) is 0 Å². The Bertz CT molecular complexity index is 539. The number of hydrogen-bond acceptors (Lipinski definition) is 4. The van der Waals surface area contributed by atoms with Gasteiger partial charge in [-0.25, -0.2) is 0 Å². The molecule has 0 aromatic carbocycles. The molecule has 5 heteroatoms. The smallest absolute Gasteiger partial charge is 0.255 e. The van der Waals surface area contributed by atoms with Crippen LogP contribution in [0.4, 0.5) is 5.69 Å². The molecule has 1 amide bonds. The van der Waals surface area contributed by atoms with E-state index in [9.17, 15) is 4.79 Å². The van der Waals surface area contributed by atoms with Crippen LogP contribution in [-0.4, -0.2) is 24.0 Å². The summed E-state index contributed by atoms with van der Waals surface area (Å²) in [6, 6.07) is 3.96. The molecular weight excluding hydrogens is 258 g/mol. The quantitative estimate of drug-likeness (QED) is 0.881. The van der Waals surface area contributed by atoms with Crippen molar-refractivity contribution >= 4 is 22.9 Å². The largest absolute Gasteiger partial charge is 0.387 e. The Morgan fingerprint density at radius 1 is 1.47 bits per heavy atom. The van der Waals surface area contributed by atoms with Gasteiger partial charge in [0.15, 0.2) is 0 Å². The van der Waals surface area contributed by atoms with Crippen molar-refractivity contribution in [3.63, 3.8) is 0 Å². The maximum atomic E-state index is 12.2. The molecule has 0 spiro atoms. The van der Waals surface area contributed by atoms with E-state index in [1.165, 1.54) is 5.56 Å². The van der Waals surface area contributed by atoms with Crippen LogP contribution in [-0.2, 0) is 6.42 Å². The number of nitrogens with one attached hydrogen (secondary N) is 2. The predicted octanol–water partition coefficient (Wildman–Crippen LogP) is 2.55. The zero-order valence-electron chi connectivity index (χ0n) is 11.0. The second-order valence-corrected chi connectivity index (χ2v) is 5.16. The number of rotatable bonds is 5. The van der Waals surface area contributed by atoms with Crippen LogP contribution in [0.15, 0.2) is 35.3 Å². The third-order valence-corrected chi connectivity index (χ3v) is 3.57. The second-order valence-electron chi connectivity index (χ2n) is 4.38. The minimum atomic E-state index is -0.0971. The fourth-order valence-electron chi connectivity index (χ4n) is 1.91. The predicted molar refractivity (Wildman–Crippen MR) is 78.7 cm³/mol. The first-order valence-corrected chi connectivity index (χ1v) is 7.08. The Morgan fingerprint density at radius 3 is 3.00 bits per heavy atom. The molecular formula is C14H17N3OS. The molecule has 1 unspecified atom stereocenters. The molecule has 0 aliphatic rings. The Hall–Kier alpha value is -1.88. The second kappa shape index (κ2) is 6.33. The normalized spacial score (nSPS) is 11.9. The van der Waals surface area contributed by atoms with Gasteiger partial charge in [0.1, 0.15) is 0 Å². The molecule has 2 aromatic rings. The summed E-state index contributed by atoms with van der Waals surface area (Å²) in [5.74, 6) is -0.0971. The zero-order valence-corrected chi connectivity index (χ0v) is 11.8. The molecule has 0 fully saturated rings.